The number of fused-ring (bicyclic) bond motifs is 4. The second kappa shape index (κ2) is 4.09. The monoisotopic (exact) mass is 282 g/mol. The van der Waals surface area contributed by atoms with Gasteiger partial charge in [0.2, 0.25) is 0 Å². The summed E-state index contributed by atoms with van der Waals surface area (Å²) >= 11 is 0. The predicted molar refractivity (Wildman–Crippen MR) is 87.7 cm³/mol. The SMILES string of the molecule is c1cc2nc3cc4c(cc3nc2cc#1)Nc1ccccc1N4. The lowest BCUT2D eigenvalue weighted by atomic mass is 10.1. The first-order valence-corrected chi connectivity index (χ1v) is 7.03. The molecule has 0 saturated heterocycles. The molecule has 2 heterocycles. The maximum Gasteiger partial charge on any atom is 0.0984 e. The van der Waals surface area contributed by atoms with Crippen molar-refractivity contribution < 1.29 is 0 Å². The van der Waals surface area contributed by atoms with E-state index >= 15 is 0 Å². The molecule has 0 aliphatic carbocycles. The van der Waals surface area contributed by atoms with E-state index in [1.165, 1.54) is 0 Å². The van der Waals surface area contributed by atoms with Gasteiger partial charge in [0.25, 0.3) is 0 Å². The maximum atomic E-state index is 4.66. The molecular formula is C18H10N4. The molecule has 4 aromatic rings. The van der Waals surface area contributed by atoms with Crippen LogP contribution in [-0.2, 0) is 0 Å². The molecule has 1 aromatic heterocycles. The third kappa shape index (κ3) is 1.60. The molecule has 4 heteroatoms. The van der Waals surface area contributed by atoms with Gasteiger partial charge in [-0.3, -0.25) is 0 Å². The molecule has 2 N–H and O–H groups in total. The molecule has 22 heavy (non-hydrogen) atoms. The van der Waals surface area contributed by atoms with Crippen molar-refractivity contribution in [1.29, 1.82) is 0 Å². The van der Waals surface area contributed by atoms with Gasteiger partial charge in [0.1, 0.15) is 0 Å². The Balaban J connectivity index is 1.75. The number of aromatic nitrogens is 2. The van der Waals surface area contributed by atoms with Gasteiger partial charge in [-0.15, -0.1) is 0 Å². The summed E-state index contributed by atoms with van der Waals surface area (Å²) in [4.78, 5) is 9.32. The Bertz CT molecular complexity index is 957. The highest BCUT2D eigenvalue weighted by Crippen LogP contribution is 2.39. The van der Waals surface area contributed by atoms with Crippen LogP contribution >= 0.6 is 0 Å². The Morgan fingerprint density at radius 3 is 1.64 bits per heavy atom. The summed E-state index contributed by atoms with van der Waals surface area (Å²) in [5, 5.41) is 6.87. The van der Waals surface area contributed by atoms with Crippen LogP contribution < -0.4 is 10.6 Å². The molecule has 1 aliphatic heterocycles. The molecular weight excluding hydrogens is 272 g/mol. The van der Waals surface area contributed by atoms with Crippen molar-refractivity contribution in [3.63, 3.8) is 0 Å². The van der Waals surface area contributed by atoms with Crippen molar-refractivity contribution >= 4 is 44.8 Å². The predicted octanol–water partition coefficient (Wildman–Crippen LogP) is 4.18. The Hall–Kier alpha value is -3.32. The quantitative estimate of drug-likeness (QED) is 0.447. The van der Waals surface area contributed by atoms with Gasteiger partial charge in [-0.05, 0) is 24.3 Å². The van der Waals surface area contributed by atoms with E-state index in [1.54, 1.807) is 0 Å². The first kappa shape index (κ1) is 11.4. The zero-order valence-electron chi connectivity index (χ0n) is 11.5. The number of anilines is 4. The largest absolute Gasteiger partial charge is 0.352 e. The van der Waals surface area contributed by atoms with Crippen LogP contribution in [0.3, 0.4) is 0 Å². The molecule has 5 rings (SSSR count). The van der Waals surface area contributed by atoms with Crippen molar-refractivity contribution in [2.24, 2.45) is 0 Å². The van der Waals surface area contributed by atoms with Crippen LogP contribution in [0.5, 0.6) is 0 Å². The summed E-state index contributed by atoms with van der Waals surface area (Å²) in [6.07, 6.45) is 0. The molecule has 3 aromatic carbocycles. The van der Waals surface area contributed by atoms with Crippen LogP contribution in [0.4, 0.5) is 22.7 Å². The fourth-order valence-corrected chi connectivity index (χ4v) is 2.76. The highest BCUT2D eigenvalue weighted by molar-refractivity contribution is 5.98. The lowest BCUT2D eigenvalue weighted by Crippen LogP contribution is -2.06. The minimum absolute atomic E-state index is 0.829. The smallest absolute Gasteiger partial charge is 0.0984 e. The van der Waals surface area contributed by atoms with E-state index in [4.69, 9.17) is 0 Å². The van der Waals surface area contributed by atoms with E-state index in [2.05, 4.69) is 32.7 Å². The normalized spacial score (nSPS) is 12.0. The van der Waals surface area contributed by atoms with Crippen LogP contribution in [0, 0.1) is 12.1 Å². The van der Waals surface area contributed by atoms with Gasteiger partial charge in [0, 0.05) is 12.1 Å². The molecule has 102 valence electrons. The number of hydrogen-bond donors (Lipinski definition) is 2. The molecule has 0 amide bonds. The van der Waals surface area contributed by atoms with Crippen molar-refractivity contribution in [2.45, 2.75) is 0 Å². The number of para-hydroxylation sites is 2. The third-order valence-electron chi connectivity index (χ3n) is 3.83. The highest BCUT2D eigenvalue weighted by atomic mass is 15.0. The number of benzene rings is 2. The Kier molecular flexibility index (Phi) is 2.11. The summed E-state index contributed by atoms with van der Waals surface area (Å²) in [5.74, 6) is 0. The van der Waals surface area contributed by atoms with E-state index < -0.39 is 0 Å². The van der Waals surface area contributed by atoms with E-state index in [-0.39, 0.29) is 0 Å². The first-order valence-electron chi connectivity index (χ1n) is 7.03. The fourth-order valence-electron chi connectivity index (χ4n) is 2.76. The lowest BCUT2D eigenvalue weighted by Gasteiger charge is -2.23. The van der Waals surface area contributed by atoms with Crippen LogP contribution in [0.25, 0.3) is 22.1 Å². The van der Waals surface area contributed by atoms with Gasteiger partial charge < -0.3 is 10.6 Å². The van der Waals surface area contributed by atoms with Gasteiger partial charge in [-0.1, -0.05) is 24.3 Å². The second-order valence-electron chi connectivity index (χ2n) is 5.25. The molecule has 0 atom stereocenters. The van der Waals surface area contributed by atoms with Gasteiger partial charge in [-0.2, -0.15) is 0 Å². The molecule has 4 nitrogen and oxygen atoms in total. The summed E-state index contributed by atoms with van der Waals surface area (Å²) in [6, 6.07) is 21.6. The van der Waals surface area contributed by atoms with Gasteiger partial charge >= 0.3 is 0 Å². The van der Waals surface area contributed by atoms with E-state index in [0.29, 0.717) is 0 Å². The van der Waals surface area contributed by atoms with Crippen LogP contribution in [0.1, 0.15) is 0 Å². The number of rotatable bonds is 0. The average molecular weight is 282 g/mol. The second-order valence-corrected chi connectivity index (χ2v) is 5.25. The Labute approximate surface area is 126 Å². The summed E-state index contributed by atoms with van der Waals surface area (Å²) in [6.45, 7) is 0. The zero-order valence-corrected chi connectivity index (χ0v) is 11.5. The third-order valence-corrected chi connectivity index (χ3v) is 3.83. The Morgan fingerprint density at radius 1 is 0.636 bits per heavy atom. The fraction of sp³-hybridized carbons (Fsp3) is 0. The average Bonchev–Trinajstić information content (AvgIpc) is 2.56. The zero-order chi connectivity index (χ0) is 14.5. The number of nitrogens with one attached hydrogen (secondary N) is 2. The van der Waals surface area contributed by atoms with Crippen LogP contribution in [-0.4, -0.2) is 9.97 Å². The minimum Gasteiger partial charge on any atom is -0.352 e. The summed E-state index contributed by atoms with van der Waals surface area (Å²) < 4.78 is 0. The molecule has 0 radical (unpaired) electrons. The lowest BCUT2D eigenvalue weighted by molar-refractivity contribution is 1.38. The number of hydrogen-bond acceptors (Lipinski definition) is 4. The van der Waals surface area contributed by atoms with Crippen LogP contribution in [0.15, 0.2) is 48.5 Å². The molecule has 0 fully saturated rings. The van der Waals surface area contributed by atoms with Gasteiger partial charge in [0.15, 0.2) is 0 Å². The van der Waals surface area contributed by atoms with Gasteiger partial charge in [0.05, 0.1) is 44.8 Å². The molecule has 1 aliphatic rings. The van der Waals surface area contributed by atoms with Gasteiger partial charge in [-0.25, -0.2) is 9.97 Å². The standard InChI is InChI=1S/C18H10N4/c1-2-6-12-11(5-1)19-15-9-17-18(10-16(15)20-12)22-14-8-4-3-7-13(14)21-17/h1-2,5-10,19-20H. The van der Waals surface area contributed by atoms with E-state index in [1.807, 2.05) is 48.5 Å². The van der Waals surface area contributed by atoms with Crippen molar-refractivity contribution in [2.75, 3.05) is 10.6 Å². The molecule has 0 spiro atoms. The Morgan fingerprint density at radius 2 is 1.14 bits per heavy atom. The number of nitrogens with zero attached hydrogens (tertiary/aromatic N) is 2. The first-order chi connectivity index (χ1) is 10.9. The topological polar surface area (TPSA) is 49.8 Å². The summed E-state index contributed by atoms with van der Waals surface area (Å²) in [5.41, 5.74) is 7.51. The van der Waals surface area contributed by atoms with Crippen molar-refractivity contribution in [3.8, 4) is 0 Å². The maximum absolute atomic E-state index is 4.66. The minimum atomic E-state index is 0.829. The summed E-state index contributed by atoms with van der Waals surface area (Å²) in [7, 11) is 0. The van der Waals surface area contributed by atoms with Crippen molar-refractivity contribution in [3.05, 3.63) is 60.7 Å². The van der Waals surface area contributed by atoms with E-state index in [9.17, 15) is 0 Å². The highest BCUT2D eigenvalue weighted by Gasteiger charge is 2.15. The molecule has 0 saturated carbocycles. The van der Waals surface area contributed by atoms with E-state index in [0.717, 1.165) is 44.8 Å². The van der Waals surface area contributed by atoms with Crippen LogP contribution in [0.2, 0.25) is 0 Å². The van der Waals surface area contributed by atoms with Crippen molar-refractivity contribution in [1.82, 2.24) is 9.97 Å². The molecule has 0 bridgehead atoms. The molecule has 0 unspecified atom stereocenters.